The van der Waals surface area contributed by atoms with E-state index in [1.807, 2.05) is 35.7 Å². The van der Waals surface area contributed by atoms with E-state index < -0.39 is 0 Å². The zero-order chi connectivity index (χ0) is 14.8. The minimum Gasteiger partial charge on any atom is -0.336 e. The molecule has 1 saturated heterocycles. The number of hydrogen-bond acceptors (Lipinski definition) is 4. The molecule has 2 aromatic heterocycles. The monoisotopic (exact) mass is 324 g/mol. The summed E-state index contributed by atoms with van der Waals surface area (Å²) in [6.07, 6.45) is 4.50. The molecule has 1 aliphatic rings. The molecule has 2 aromatic rings. The number of aryl methyl sites for hydroxylation is 2. The van der Waals surface area contributed by atoms with Crippen molar-refractivity contribution in [3.63, 3.8) is 0 Å². The van der Waals surface area contributed by atoms with Crippen LogP contribution < -0.4 is 5.32 Å². The molecule has 1 amide bonds. The van der Waals surface area contributed by atoms with Crippen LogP contribution in [0.15, 0.2) is 18.5 Å². The number of imidazole rings is 1. The van der Waals surface area contributed by atoms with E-state index in [1.54, 1.807) is 6.20 Å². The van der Waals surface area contributed by atoms with Gasteiger partial charge in [0.2, 0.25) is 0 Å². The summed E-state index contributed by atoms with van der Waals surface area (Å²) >= 11 is 0. The van der Waals surface area contributed by atoms with E-state index in [0.717, 1.165) is 24.5 Å². The van der Waals surface area contributed by atoms with Crippen LogP contribution in [0, 0.1) is 0 Å². The Kier molecular flexibility index (Phi) is 5.20. The van der Waals surface area contributed by atoms with Gasteiger partial charge in [-0.1, -0.05) is 6.92 Å². The number of carbonyl (C=O) groups is 1. The third-order valence-electron chi connectivity index (χ3n) is 3.89. The molecule has 1 atom stereocenters. The van der Waals surface area contributed by atoms with E-state index in [9.17, 15) is 4.79 Å². The first-order valence-corrected chi connectivity index (χ1v) is 7.24. The van der Waals surface area contributed by atoms with E-state index in [-0.39, 0.29) is 24.4 Å². The highest BCUT2D eigenvalue weighted by Crippen LogP contribution is 2.22. The zero-order valence-electron chi connectivity index (χ0n) is 12.7. The number of aromatic nitrogens is 4. The number of H-pyrrole nitrogens is 1. The van der Waals surface area contributed by atoms with Crippen molar-refractivity contribution in [3.8, 4) is 0 Å². The summed E-state index contributed by atoms with van der Waals surface area (Å²) in [5.41, 5.74) is 1.45. The molecular weight excluding hydrogens is 304 g/mol. The lowest BCUT2D eigenvalue weighted by Crippen LogP contribution is -2.49. The molecule has 1 fully saturated rings. The van der Waals surface area contributed by atoms with Crippen molar-refractivity contribution in [1.29, 1.82) is 0 Å². The first-order chi connectivity index (χ1) is 10.2. The number of rotatable bonds is 3. The van der Waals surface area contributed by atoms with Crippen molar-refractivity contribution in [2.45, 2.75) is 19.4 Å². The van der Waals surface area contributed by atoms with Gasteiger partial charge in [-0.3, -0.25) is 9.89 Å². The van der Waals surface area contributed by atoms with Crippen LogP contribution in [-0.4, -0.2) is 50.2 Å². The van der Waals surface area contributed by atoms with Crippen LogP contribution in [0.25, 0.3) is 0 Å². The molecule has 120 valence electrons. The van der Waals surface area contributed by atoms with Crippen molar-refractivity contribution in [1.82, 2.24) is 30.0 Å². The lowest BCUT2D eigenvalue weighted by atomic mass is 10.1. The summed E-state index contributed by atoms with van der Waals surface area (Å²) in [7, 11) is 1.95. The van der Waals surface area contributed by atoms with E-state index in [2.05, 4.69) is 20.5 Å². The number of nitrogens with zero attached hydrogens (tertiary/aromatic N) is 4. The fourth-order valence-corrected chi connectivity index (χ4v) is 2.68. The average molecular weight is 325 g/mol. The predicted molar refractivity (Wildman–Crippen MR) is 85.1 cm³/mol. The van der Waals surface area contributed by atoms with Gasteiger partial charge in [-0.25, -0.2) is 4.98 Å². The summed E-state index contributed by atoms with van der Waals surface area (Å²) in [6.45, 7) is 4.19. The van der Waals surface area contributed by atoms with Crippen molar-refractivity contribution >= 4 is 18.3 Å². The van der Waals surface area contributed by atoms with Crippen molar-refractivity contribution in [2.24, 2.45) is 7.05 Å². The minimum atomic E-state index is -0.0620. The maximum Gasteiger partial charge on any atom is 0.275 e. The van der Waals surface area contributed by atoms with Crippen LogP contribution in [-0.2, 0) is 13.5 Å². The number of carbonyl (C=O) groups excluding carboxylic acids is 1. The lowest BCUT2D eigenvalue weighted by Gasteiger charge is -2.35. The predicted octanol–water partition coefficient (Wildman–Crippen LogP) is 0.914. The van der Waals surface area contributed by atoms with Crippen LogP contribution in [0.1, 0.15) is 35.0 Å². The van der Waals surface area contributed by atoms with Gasteiger partial charge in [0, 0.05) is 44.8 Å². The molecule has 0 radical (unpaired) electrons. The number of aromatic amines is 1. The molecule has 22 heavy (non-hydrogen) atoms. The van der Waals surface area contributed by atoms with Gasteiger partial charge in [0.15, 0.2) is 0 Å². The Morgan fingerprint density at radius 1 is 1.50 bits per heavy atom. The Morgan fingerprint density at radius 3 is 2.95 bits per heavy atom. The van der Waals surface area contributed by atoms with Gasteiger partial charge in [-0.05, 0) is 12.5 Å². The van der Waals surface area contributed by atoms with Crippen molar-refractivity contribution in [3.05, 3.63) is 35.7 Å². The molecule has 0 aromatic carbocycles. The van der Waals surface area contributed by atoms with Crippen LogP contribution in [0.3, 0.4) is 0 Å². The minimum absolute atomic E-state index is 0. The highest BCUT2D eigenvalue weighted by molar-refractivity contribution is 5.92. The molecule has 3 heterocycles. The molecule has 0 saturated carbocycles. The number of halogens is 1. The second-order valence-electron chi connectivity index (χ2n) is 5.25. The molecule has 3 rings (SSSR count). The van der Waals surface area contributed by atoms with Crippen LogP contribution in [0.2, 0.25) is 0 Å². The summed E-state index contributed by atoms with van der Waals surface area (Å²) in [6, 6.07) is 1.77. The highest BCUT2D eigenvalue weighted by Gasteiger charge is 2.31. The Bertz CT molecular complexity index is 637. The largest absolute Gasteiger partial charge is 0.336 e. The molecule has 8 heteroatoms. The lowest BCUT2D eigenvalue weighted by molar-refractivity contribution is 0.0614. The summed E-state index contributed by atoms with van der Waals surface area (Å²) in [4.78, 5) is 19.0. The highest BCUT2D eigenvalue weighted by atomic mass is 35.5. The maximum atomic E-state index is 12.7. The smallest absolute Gasteiger partial charge is 0.275 e. The van der Waals surface area contributed by atoms with Crippen LogP contribution in [0.5, 0.6) is 0 Å². The van der Waals surface area contributed by atoms with Gasteiger partial charge in [-0.15, -0.1) is 12.4 Å². The molecule has 2 N–H and O–H groups in total. The van der Waals surface area contributed by atoms with Crippen molar-refractivity contribution < 1.29 is 4.79 Å². The molecule has 1 aliphatic heterocycles. The van der Waals surface area contributed by atoms with E-state index >= 15 is 0 Å². The molecule has 1 unspecified atom stereocenters. The molecular formula is C14H21ClN6O. The second-order valence-corrected chi connectivity index (χ2v) is 5.25. The summed E-state index contributed by atoms with van der Waals surface area (Å²) in [5.74, 6) is 0.849. The average Bonchev–Trinajstić information content (AvgIpc) is 3.15. The normalized spacial score (nSPS) is 18.1. The fraction of sp³-hybridized carbons (Fsp3) is 0.500. The fourth-order valence-electron chi connectivity index (χ4n) is 2.68. The standard InChI is InChI=1S/C14H20N6O.ClH/c1-3-10-8-11(18-17-10)14(21)20-7-4-15-9-12(20)13-16-5-6-19(13)2;/h5-6,8,12,15H,3-4,7,9H2,1-2H3,(H,17,18);1H. The van der Waals surface area contributed by atoms with Gasteiger partial charge in [0.05, 0.1) is 0 Å². The Balaban J connectivity index is 0.00000176. The van der Waals surface area contributed by atoms with E-state index in [4.69, 9.17) is 0 Å². The Hall–Kier alpha value is -1.86. The SMILES string of the molecule is CCc1cc(C(=O)N2CCNCC2c2nccn2C)n[nH]1.Cl. The Morgan fingerprint density at radius 2 is 2.32 bits per heavy atom. The maximum absolute atomic E-state index is 12.7. The molecule has 0 spiro atoms. The number of nitrogens with one attached hydrogen (secondary N) is 2. The first kappa shape index (κ1) is 16.5. The number of piperazine rings is 1. The van der Waals surface area contributed by atoms with Gasteiger partial charge < -0.3 is 14.8 Å². The molecule has 7 nitrogen and oxygen atoms in total. The van der Waals surface area contributed by atoms with Gasteiger partial charge in [-0.2, -0.15) is 5.10 Å². The molecule has 0 aliphatic carbocycles. The second kappa shape index (κ2) is 6.93. The Labute approximate surface area is 135 Å². The first-order valence-electron chi connectivity index (χ1n) is 7.24. The third kappa shape index (κ3) is 3.00. The number of amides is 1. The van der Waals surface area contributed by atoms with Gasteiger partial charge in [0.1, 0.15) is 17.6 Å². The summed E-state index contributed by atoms with van der Waals surface area (Å²) < 4.78 is 1.96. The zero-order valence-corrected chi connectivity index (χ0v) is 13.6. The van der Waals surface area contributed by atoms with Gasteiger partial charge in [0.25, 0.3) is 5.91 Å². The van der Waals surface area contributed by atoms with Crippen molar-refractivity contribution in [2.75, 3.05) is 19.6 Å². The molecule has 0 bridgehead atoms. The van der Waals surface area contributed by atoms with Crippen LogP contribution in [0.4, 0.5) is 0 Å². The van der Waals surface area contributed by atoms with Gasteiger partial charge >= 0.3 is 0 Å². The number of hydrogen-bond donors (Lipinski definition) is 2. The topological polar surface area (TPSA) is 78.8 Å². The van der Waals surface area contributed by atoms with Crippen LogP contribution >= 0.6 is 12.4 Å². The quantitative estimate of drug-likeness (QED) is 0.880. The van der Waals surface area contributed by atoms with E-state index in [0.29, 0.717) is 18.8 Å². The third-order valence-corrected chi connectivity index (χ3v) is 3.89. The summed E-state index contributed by atoms with van der Waals surface area (Å²) in [5, 5.41) is 10.4. The van der Waals surface area contributed by atoms with E-state index in [1.165, 1.54) is 0 Å².